The molecule has 0 fully saturated rings. The first-order chi connectivity index (χ1) is 17.0. The molecule has 9 heteroatoms. The summed E-state index contributed by atoms with van der Waals surface area (Å²) in [5.41, 5.74) is 3.68. The lowest BCUT2D eigenvalue weighted by Crippen LogP contribution is -2.47. The van der Waals surface area contributed by atoms with Gasteiger partial charge in [-0.25, -0.2) is 9.79 Å². The number of nitrogens with one attached hydrogen (secondary N) is 1. The molecule has 0 aliphatic carbocycles. The van der Waals surface area contributed by atoms with Crippen LogP contribution in [-0.4, -0.2) is 47.5 Å². The normalized spacial score (nSPS) is 14.0. The monoisotopic (exact) mass is 471 g/mol. The lowest BCUT2D eigenvalue weighted by atomic mass is 10.1. The topological polar surface area (TPSA) is 118 Å². The number of benzene rings is 3. The smallest absolute Gasteiger partial charge is 0.343 e. The summed E-state index contributed by atoms with van der Waals surface area (Å²) in [4.78, 5) is 42.1. The SMILES string of the molecule is COC(=O)COc1ccccc1/C=C1/N=C(c2ccccc2)N(NC(=O)c2ccccc2O)C1=O. The number of nitrogens with zero attached hydrogens (tertiary/aromatic N) is 2. The quantitative estimate of drug-likeness (QED) is 0.404. The molecule has 0 saturated carbocycles. The number of para-hydroxylation sites is 2. The van der Waals surface area contributed by atoms with E-state index in [1.54, 1.807) is 60.7 Å². The zero-order chi connectivity index (χ0) is 24.8. The fourth-order valence-electron chi connectivity index (χ4n) is 3.30. The van der Waals surface area contributed by atoms with E-state index < -0.39 is 17.8 Å². The summed E-state index contributed by atoms with van der Waals surface area (Å²) in [6, 6.07) is 21.7. The van der Waals surface area contributed by atoms with Crippen LogP contribution in [0.2, 0.25) is 0 Å². The summed E-state index contributed by atoms with van der Waals surface area (Å²) in [7, 11) is 1.26. The number of hydrogen-bond donors (Lipinski definition) is 2. The van der Waals surface area contributed by atoms with Crippen molar-refractivity contribution >= 4 is 29.7 Å². The zero-order valence-corrected chi connectivity index (χ0v) is 18.7. The van der Waals surface area contributed by atoms with Gasteiger partial charge in [-0.05, 0) is 24.3 Å². The van der Waals surface area contributed by atoms with Gasteiger partial charge in [-0.3, -0.25) is 15.0 Å². The molecule has 1 aliphatic heterocycles. The highest BCUT2D eigenvalue weighted by Gasteiger charge is 2.33. The number of rotatable bonds is 7. The van der Waals surface area contributed by atoms with Crippen molar-refractivity contribution in [2.24, 2.45) is 4.99 Å². The standard InChI is InChI=1S/C26H21N3O6/c1-34-23(31)16-35-22-14-8-5-11-18(22)15-20-26(33)29(24(27-20)17-9-3-2-4-10-17)28-25(32)19-12-6-7-13-21(19)30/h2-15,30H,16H2,1H3,(H,28,32)/b20-15+. The molecule has 3 aromatic rings. The minimum atomic E-state index is -0.678. The van der Waals surface area contributed by atoms with Crippen molar-refractivity contribution in [1.82, 2.24) is 10.4 Å². The average Bonchev–Trinajstić information content (AvgIpc) is 3.18. The van der Waals surface area contributed by atoms with Crippen molar-refractivity contribution in [3.63, 3.8) is 0 Å². The first kappa shape index (κ1) is 23.2. The predicted molar refractivity (Wildman–Crippen MR) is 127 cm³/mol. The van der Waals surface area contributed by atoms with Gasteiger partial charge < -0.3 is 14.6 Å². The minimum absolute atomic E-state index is 0.00620. The fraction of sp³-hybridized carbons (Fsp3) is 0.0769. The second-order valence-electron chi connectivity index (χ2n) is 7.33. The summed E-state index contributed by atoms with van der Waals surface area (Å²) in [5, 5.41) is 11.1. The average molecular weight is 471 g/mol. The van der Waals surface area contributed by atoms with Gasteiger partial charge in [-0.2, -0.15) is 5.01 Å². The number of phenols is 1. The van der Waals surface area contributed by atoms with E-state index in [1.807, 2.05) is 6.07 Å². The number of esters is 1. The highest BCUT2D eigenvalue weighted by molar-refractivity contribution is 6.20. The van der Waals surface area contributed by atoms with Gasteiger partial charge in [0.25, 0.3) is 11.8 Å². The number of amides is 2. The molecular weight excluding hydrogens is 450 g/mol. The van der Waals surface area contributed by atoms with Gasteiger partial charge >= 0.3 is 5.97 Å². The third-order valence-electron chi connectivity index (χ3n) is 5.04. The maximum absolute atomic E-state index is 13.3. The maximum Gasteiger partial charge on any atom is 0.343 e. The van der Waals surface area contributed by atoms with E-state index in [4.69, 9.17) is 4.74 Å². The first-order valence-electron chi connectivity index (χ1n) is 10.6. The summed E-state index contributed by atoms with van der Waals surface area (Å²) in [5.74, 6) is -1.47. The molecular formula is C26H21N3O6. The number of hydrazine groups is 1. The molecule has 1 aliphatic rings. The van der Waals surface area contributed by atoms with Crippen LogP contribution in [0.25, 0.3) is 6.08 Å². The molecule has 0 atom stereocenters. The highest BCUT2D eigenvalue weighted by atomic mass is 16.6. The molecule has 35 heavy (non-hydrogen) atoms. The Morgan fingerprint density at radius 3 is 2.43 bits per heavy atom. The van der Waals surface area contributed by atoms with E-state index in [0.29, 0.717) is 16.9 Å². The van der Waals surface area contributed by atoms with Crippen molar-refractivity contribution in [2.75, 3.05) is 13.7 Å². The molecule has 4 rings (SSSR count). The second-order valence-corrected chi connectivity index (χ2v) is 7.33. The lowest BCUT2D eigenvalue weighted by Gasteiger charge is -2.19. The van der Waals surface area contributed by atoms with Crippen LogP contribution >= 0.6 is 0 Å². The van der Waals surface area contributed by atoms with Crippen molar-refractivity contribution in [3.05, 3.63) is 101 Å². The molecule has 0 bridgehead atoms. The van der Waals surface area contributed by atoms with Crippen molar-refractivity contribution < 1.29 is 29.0 Å². The number of hydrogen-bond acceptors (Lipinski definition) is 7. The van der Waals surface area contributed by atoms with Crippen LogP contribution in [0.1, 0.15) is 21.5 Å². The second kappa shape index (κ2) is 10.3. The molecule has 2 amide bonds. The van der Waals surface area contributed by atoms with E-state index in [2.05, 4.69) is 15.2 Å². The van der Waals surface area contributed by atoms with E-state index in [1.165, 1.54) is 25.3 Å². The van der Waals surface area contributed by atoms with Gasteiger partial charge in [0, 0.05) is 11.1 Å². The van der Waals surface area contributed by atoms with E-state index >= 15 is 0 Å². The molecule has 0 unspecified atom stereocenters. The Bertz CT molecular complexity index is 1330. The molecule has 0 radical (unpaired) electrons. The zero-order valence-electron chi connectivity index (χ0n) is 18.7. The van der Waals surface area contributed by atoms with Crippen molar-refractivity contribution in [1.29, 1.82) is 0 Å². The minimum Gasteiger partial charge on any atom is -0.507 e. The number of carbonyl (C=O) groups is 3. The Balaban J connectivity index is 1.68. The van der Waals surface area contributed by atoms with Crippen LogP contribution in [0, 0.1) is 0 Å². The highest BCUT2D eigenvalue weighted by Crippen LogP contribution is 2.26. The molecule has 0 saturated heterocycles. The number of ether oxygens (including phenoxy) is 2. The largest absolute Gasteiger partial charge is 0.507 e. The van der Waals surface area contributed by atoms with Crippen LogP contribution < -0.4 is 10.2 Å². The first-order valence-corrected chi connectivity index (χ1v) is 10.6. The number of aliphatic imine (C=N–C) groups is 1. The number of amidine groups is 1. The number of methoxy groups -OCH3 is 1. The third kappa shape index (κ3) is 5.19. The molecule has 2 N–H and O–H groups in total. The van der Waals surface area contributed by atoms with Gasteiger partial charge in [-0.15, -0.1) is 0 Å². The molecule has 9 nitrogen and oxygen atoms in total. The number of phenolic OH excluding ortho intramolecular Hbond substituents is 1. The van der Waals surface area contributed by atoms with Crippen LogP contribution in [-0.2, 0) is 14.3 Å². The Labute approximate surface area is 200 Å². The lowest BCUT2D eigenvalue weighted by molar-refractivity contribution is -0.142. The number of aromatic hydroxyl groups is 1. The van der Waals surface area contributed by atoms with Gasteiger partial charge in [0.05, 0.1) is 12.7 Å². The van der Waals surface area contributed by atoms with Crippen LogP contribution in [0.3, 0.4) is 0 Å². The summed E-state index contributed by atoms with van der Waals surface area (Å²) in [6.07, 6.45) is 1.50. The van der Waals surface area contributed by atoms with E-state index in [0.717, 1.165) is 5.01 Å². The molecule has 3 aromatic carbocycles. The fourth-order valence-corrected chi connectivity index (χ4v) is 3.30. The van der Waals surface area contributed by atoms with Gasteiger partial charge in [-0.1, -0.05) is 60.7 Å². The Hall–Kier alpha value is -4.92. The van der Waals surface area contributed by atoms with Crippen LogP contribution in [0.15, 0.2) is 89.6 Å². The number of carbonyl (C=O) groups excluding carboxylic acids is 3. The summed E-state index contributed by atoms with van der Waals surface area (Å²) >= 11 is 0. The Kier molecular flexibility index (Phi) is 6.87. The molecule has 0 aromatic heterocycles. The van der Waals surface area contributed by atoms with Gasteiger partial charge in [0.15, 0.2) is 12.4 Å². The summed E-state index contributed by atoms with van der Waals surface area (Å²) < 4.78 is 10.1. The Morgan fingerprint density at radius 2 is 1.69 bits per heavy atom. The molecule has 1 heterocycles. The van der Waals surface area contributed by atoms with Crippen molar-refractivity contribution in [3.8, 4) is 11.5 Å². The van der Waals surface area contributed by atoms with Crippen molar-refractivity contribution in [2.45, 2.75) is 0 Å². The van der Waals surface area contributed by atoms with Crippen LogP contribution in [0.5, 0.6) is 11.5 Å². The molecule has 176 valence electrons. The molecule has 0 spiro atoms. The predicted octanol–water partition coefficient (Wildman–Crippen LogP) is 2.92. The Morgan fingerprint density at radius 1 is 1.00 bits per heavy atom. The van der Waals surface area contributed by atoms with Gasteiger partial charge in [0.1, 0.15) is 17.2 Å². The summed E-state index contributed by atoms with van der Waals surface area (Å²) in [6.45, 7) is -0.300. The van der Waals surface area contributed by atoms with E-state index in [9.17, 15) is 19.5 Å². The third-order valence-corrected chi connectivity index (χ3v) is 5.04. The van der Waals surface area contributed by atoms with E-state index in [-0.39, 0.29) is 29.5 Å². The maximum atomic E-state index is 13.3. The van der Waals surface area contributed by atoms with Crippen LogP contribution in [0.4, 0.5) is 0 Å². The van der Waals surface area contributed by atoms with Gasteiger partial charge in [0.2, 0.25) is 0 Å².